The van der Waals surface area contributed by atoms with Crippen LogP contribution in [0.2, 0.25) is 0 Å². The van der Waals surface area contributed by atoms with Crippen molar-refractivity contribution < 1.29 is 4.42 Å². The summed E-state index contributed by atoms with van der Waals surface area (Å²) in [5, 5.41) is 11.1. The Labute approximate surface area is 101 Å². The maximum absolute atomic E-state index is 5.62. The van der Waals surface area contributed by atoms with Crippen LogP contribution in [0.3, 0.4) is 0 Å². The summed E-state index contributed by atoms with van der Waals surface area (Å²) in [6, 6.07) is 0.903. The van der Waals surface area contributed by atoms with Crippen LogP contribution in [0.4, 0.5) is 6.01 Å². The van der Waals surface area contributed by atoms with Gasteiger partial charge < -0.3 is 9.73 Å². The smallest absolute Gasteiger partial charge is 0.315 e. The van der Waals surface area contributed by atoms with E-state index in [-0.39, 0.29) is 11.3 Å². The standard InChI is InChI=1S/C11H18ClN3O/c1-11(2)6-4-3-5-8(11)13-10-15-14-9(7-12)16-10/h8H,3-7H2,1-2H3,(H,13,15). The Balaban J connectivity index is 2.02. The van der Waals surface area contributed by atoms with Crippen molar-refractivity contribution >= 4 is 17.6 Å². The van der Waals surface area contributed by atoms with Crippen molar-refractivity contribution in [2.24, 2.45) is 5.41 Å². The molecule has 2 rings (SSSR count). The van der Waals surface area contributed by atoms with Gasteiger partial charge in [0.2, 0.25) is 5.89 Å². The Morgan fingerprint density at radius 2 is 2.25 bits per heavy atom. The number of halogens is 1. The first-order valence-corrected chi connectivity index (χ1v) is 6.30. The number of nitrogens with zero attached hydrogens (tertiary/aromatic N) is 2. The van der Waals surface area contributed by atoms with Gasteiger partial charge in [-0.3, -0.25) is 0 Å². The minimum Gasteiger partial charge on any atom is -0.407 e. The van der Waals surface area contributed by atoms with Crippen molar-refractivity contribution in [3.63, 3.8) is 0 Å². The van der Waals surface area contributed by atoms with Gasteiger partial charge in [-0.05, 0) is 18.3 Å². The molecule has 90 valence electrons. The molecule has 1 aromatic rings. The second-order valence-corrected chi connectivity index (χ2v) is 5.33. The molecular weight excluding hydrogens is 226 g/mol. The van der Waals surface area contributed by atoms with E-state index in [0.29, 0.717) is 17.9 Å². The van der Waals surface area contributed by atoms with Crippen molar-refractivity contribution in [2.75, 3.05) is 5.32 Å². The zero-order valence-corrected chi connectivity index (χ0v) is 10.5. The molecule has 0 aliphatic heterocycles. The fraction of sp³-hybridized carbons (Fsp3) is 0.818. The molecule has 1 aromatic heterocycles. The zero-order chi connectivity index (χ0) is 11.6. The molecule has 1 fully saturated rings. The third-order valence-electron chi connectivity index (χ3n) is 3.39. The summed E-state index contributed by atoms with van der Waals surface area (Å²) in [5.41, 5.74) is 0.286. The second kappa shape index (κ2) is 4.62. The topological polar surface area (TPSA) is 51.0 Å². The minimum absolute atomic E-state index is 0.267. The highest BCUT2D eigenvalue weighted by Crippen LogP contribution is 2.37. The molecule has 0 amide bonds. The maximum atomic E-state index is 5.62. The molecule has 1 saturated carbocycles. The van der Waals surface area contributed by atoms with Gasteiger partial charge in [-0.1, -0.05) is 31.8 Å². The summed E-state index contributed by atoms with van der Waals surface area (Å²) in [4.78, 5) is 0. The van der Waals surface area contributed by atoms with Crippen molar-refractivity contribution in [3.05, 3.63) is 5.89 Å². The molecule has 0 spiro atoms. The van der Waals surface area contributed by atoms with E-state index >= 15 is 0 Å². The monoisotopic (exact) mass is 243 g/mol. The number of nitrogens with one attached hydrogen (secondary N) is 1. The molecule has 1 aliphatic carbocycles. The fourth-order valence-corrected chi connectivity index (χ4v) is 2.38. The Morgan fingerprint density at radius 3 is 2.88 bits per heavy atom. The third kappa shape index (κ3) is 2.48. The summed E-state index contributed by atoms with van der Waals surface area (Å²) >= 11 is 5.62. The molecule has 1 atom stereocenters. The molecule has 0 radical (unpaired) electrons. The summed E-state index contributed by atoms with van der Waals surface area (Å²) in [7, 11) is 0. The van der Waals surface area contributed by atoms with E-state index < -0.39 is 0 Å². The molecule has 0 bridgehead atoms. The van der Waals surface area contributed by atoms with Gasteiger partial charge in [0, 0.05) is 6.04 Å². The second-order valence-electron chi connectivity index (χ2n) is 5.07. The fourth-order valence-electron chi connectivity index (χ4n) is 2.28. The van der Waals surface area contributed by atoms with Gasteiger partial charge in [0.15, 0.2) is 0 Å². The lowest BCUT2D eigenvalue weighted by atomic mass is 9.73. The molecular formula is C11H18ClN3O. The van der Waals surface area contributed by atoms with E-state index in [1.165, 1.54) is 19.3 Å². The van der Waals surface area contributed by atoms with Gasteiger partial charge in [-0.15, -0.1) is 16.7 Å². The Morgan fingerprint density at radius 1 is 1.44 bits per heavy atom. The third-order valence-corrected chi connectivity index (χ3v) is 3.61. The van der Waals surface area contributed by atoms with Gasteiger partial charge in [-0.25, -0.2) is 0 Å². The van der Waals surface area contributed by atoms with E-state index in [2.05, 4.69) is 29.4 Å². The molecule has 1 unspecified atom stereocenters. The van der Waals surface area contributed by atoms with Crippen molar-refractivity contribution in [3.8, 4) is 0 Å². The van der Waals surface area contributed by atoms with Gasteiger partial charge in [-0.2, -0.15) is 0 Å². The number of hydrogen-bond donors (Lipinski definition) is 1. The number of rotatable bonds is 3. The van der Waals surface area contributed by atoms with Crippen molar-refractivity contribution in [2.45, 2.75) is 51.5 Å². The highest BCUT2D eigenvalue weighted by Gasteiger charge is 2.33. The van der Waals surface area contributed by atoms with Gasteiger partial charge in [0.25, 0.3) is 0 Å². The summed E-state index contributed by atoms with van der Waals surface area (Å²) in [6.45, 7) is 4.56. The first kappa shape index (κ1) is 11.7. The quantitative estimate of drug-likeness (QED) is 0.829. The number of hydrogen-bond acceptors (Lipinski definition) is 4. The lowest BCUT2D eigenvalue weighted by Crippen LogP contribution is -2.39. The largest absolute Gasteiger partial charge is 0.407 e. The van der Waals surface area contributed by atoms with E-state index in [1.807, 2.05) is 0 Å². The first-order chi connectivity index (χ1) is 7.62. The summed E-state index contributed by atoms with van der Waals surface area (Å²) < 4.78 is 5.36. The molecule has 1 heterocycles. The van der Waals surface area contributed by atoms with Crippen LogP contribution in [0.25, 0.3) is 0 Å². The number of aromatic nitrogens is 2. The van der Waals surface area contributed by atoms with Crippen LogP contribution in [0.5, 0.6) is 0 Å². The van der Waals surface area contributed by atoms with Gasteiger partial charge in [0.1, 0.15) is 5.88 Å². The molecule has 0 saturated heterocycles. The van der Waals surface area contributed by atoms with Crippen LogP contribution in [0.15, 0.2) is 4.42 Å². The lowest BCUT2D eigenvalue weighted by molar-refractivity contribution is 0.214. The van der Waals surface area contributed by atoms with Crippen molar-refractivity contribution in [1.82, 2.24) is 10.2 Å². The van der Waals surface area contributed by atoms with Gasteiger partial charge in [0.05, 0.1) is 0 Å². The minimum atomic E-state index is 0.267. The molecule has 0 aromatic carbocycles. The van der Waals surface area contributed by atoms with Crippen LogP contribution in [0.1, 0.15) is 45.4 Å². The van der Waals surface area contributed by atoms with E-state index in [4.69, 9.17) is 16.0 Å². The van der Waals surface area contributed by atoms with Crippen LogP contribution in [0, 0.1) is 5.41 Å². The SMILES string of the molecule is CC1(C)CCCCC1Nc1nnc(CCl)o1. The number of alkyl halides is 1. The molecule has 4 nitrogen and oxygen atoms in total. The predicted molar refractivity (Wildman–Crippen MR) is 63.5 cm³/mol. The maximum Gasteiger partial charge on any atom is 0.315 e. The first-order valence-electron chi connectivity index (χ1n) is 5.77. The Kier molecular flexibility index (Phi) is 3.38. The Hall–Kier alpha value is -0.770. The summed E-state index contributed by atoms with van der Waals surface area (Å²) in [6.07, 6.45) is 4.96. The van der Waals surface area contributed by atoms with Crippen LogP contribution < -0.4 is 5.32 Å². The normalized spacial score (nSPS) is 24.3. The molecule has 1 aliphatic rings. The van der Waals surface area contributed by atoms with Crippen LogP contribution in [-0.2, 0) is 5.88 Å². The molecule has 5 heteroatoms. The Bertz CT molecular complexity index is 351. The van der Waals surface area contributed by atoms with E-state index in [0.717, 1.165) is 6.42 Å². The lowest BCUT2D eigenvalue weighted by Gasteiger charge is -2.38. The molecule has 1 N–H and O–H groups in total. The van der Waals surface area contributed by atoms with Crippen molar-refractivity contribution in [1.29, 1.82) is 0 Å². The number of anilines is 1. The predicted octanol–water partition coefficient (Wildman–Crippen LogP) is 3.19. The molecule has 16 heavy (non-hydrogen) atoms. The zero-order valence-electron chi connectivity index (χ0n) is 9.79. The highest BCUT2D eigenvalue weighted by atomic mass is 35.5. The average Bonchev–Trinajstić information content (AvgIpc) is 2.69. The van der Waals surface area contributed by atoms with E-state index in [9.17, 15) is 0 Å². The van der Waals surface area contributed by atoms with E-state index in [1.54, 1.807) is 0 Å². The van der Waals surface area contributed by atoms with Crippen LogP contribution in [-0.4, -0.2) is 16.2 Å². The highest BCUT2D eigenvalue weighted by molar-refractivity contribution is 6.16. The van der Waals surface area contributed by atoms with Crippen LogP contribution >= 0.6 is 11.6 Å². The summed E-state index contributed by atoms with van der Waals surface area (Å²) in [5.74, 6) is 0.737. The average molecular weight is 244 g/mol. The van der Waals surface area contributed by atoms with Gasteiger partial charge >= 0.3 is 6.01 Å².